The molecule has 6 heteroatoms. The van der Waals surface area contributed by atoms with Crippen LogP contribution in [-0.4, -0.2) is 53.8 Å². The number of benzene rings is 2. The number of ketones is 1. The van der Waals surface area contributed by atoms with Gasteiger partial charge in [-0.2, -0.15) is 0 Å². The van der Waals surface area contributed by atoms with Gasteiger partial charge in [-0.25, -0.2) is 0 Å². The van der Waals surface area contributed by atoms with Crippen molar-refractivity contribution in [3.05, 3.63) is 70.8 Å². The Kier molecular flexibility index (Phi) is 5.18. The van der Waals surface area contributed by atoms with Gasteiger partial charge in [0.05, 0.1) is 30.5 Å². The van der Waals surface area contributed by atoms with Gasteiger partial charge in [-0.15, -0.1) is 0 Å². The lowest BCUT2D eigenvalue weighted by atomic mass is 9.85. The standard InChI is InChI=1S/C29H30N2O4/c1-16-6-9-19(10-7-16)27(32)26-25-24(28(33)30(29(25)34)15-20-5-4-12-35-20)23-14-18(3)21-13-17(2)8-11-22(21)31(23)26/h6-11,13-14,20,23-26H,4-5,12,15H2,1-3H3/t20-,23+,24-,25-,26-/m0/s1. The molecular weight excluding hydrogens is 440 g/mol. The summed E-state index contributed by atoms with van der Waals surface area (Å²) < 4.78 is 5.73. The van der Waals surface area contributed by atoms with Crippen molar-refractivity contribution in [3.63, 3.8) is 0 Å². The zero-order chi connectivity index (χ0) is 24.4. The molecular formula is C29H30N2O4. The van der Waals surface area contributed by atoms with Gasteiger partial charge in [-0.05, 0) is 51.3 Å². The number of likely N-dealkylation sites (tertiary alicyclic amines) is 1. The summed E-state index contributed by atoms with van der Waals surface area (Å²) in [5.41, 5.74) is 5.81. The van der Waals surface area contributed by atoms with Gasteiger partial charge in [0.2, 0.25) is 11.8 Å². The summed E-state index contributed by atoms with van der Waals surface area (Å²) in [7, 11) is 0. The summed E-state index contributed by atoms with van der Waals surface area (Å²) in [6.45, 7) is 7.02. The smallest absolute Gasteiger partial charge is 0.235 e. The van der Waals surface area contributed by atoms with Crippen molar-refractivity contribution in [2.45, 2.75) is 51.8 Å². The Morgan fingerprint density at radius 1 is 0.971 bits per heavy atom. The molecule has 35 heavy (non-hydrogen) atoms. The van der Waals surface area contributed by atoms with E-state index in [0.717, 1.165) is 40.8 Å². The number of Topliss-reactive ketones (excluding diaryl/α,β-unsaturated/α-hetero) is 1. The highest BCUT2D eigenvalue weighted by atomic mass is 16.5. The van der Waals surface area contributed by atoms with Crippen molar-refractivity contribution in [3.8, 4) is 0 Å². The van der Waals surface area contributed by atoms with E-state index in [0.29, 0.717) is 12.2 Å². The summed E-state index contributed by atoms with van der Waals surface area (Å²) in [5, 5.41) is 0. The highest BCUT2D eigenvalue weighted by Gasteiger charge is 2.64. The summed E-state index contributed by atoms with van der Waals surface area (Å²) in [6, 6.07) is 12.6. The maximum atomic E-state index is 14.0. The number of amides is 2. The lowest BCUT2D eigenvalue weighted by Crippen LogP contribution is -2.50. The van der Waals surface area contributed by atoms with Crippen molar-refractivity contribution < 1.29 is 19.1 Å². The molecule has 0 N–H and O–H groups in total. The first-order valence-electron chi connectivity index (χ1n) is 12.5. The molecule has 0 spiro atoms. The van der Waals surface area contributed by atoms with E-state index in [1.807, 2.05) is 57.2 Å². The third-order valence-corrected chi connectivity index (χ3v) is 8.11. The van der Waals surface area contributed by atoms with Crippen LogP contribution >= 0.6 is 0 Å². The Balaban J connectivity index is 1.46. The van der Waals surface area contributed by atoms with E-state index in [1.54, 1.807) is 0 Å². The molecule has 3 saturated heterocycles. The van der Waals surface area contributed by atoms with Crippen LogP contribution in [0.5, 0.6) is 0 Å². The van der Waals surface area contributed by atoms with E-state index >= 15 is 0 Å². The number of allylic oxidation sites excluding steroid dienone is 1. The average Bonchev–Trinajstić information content (AvgIpc) is 3.53. The number of aryl methyl sites for hydroxylation is 2. The second-order valence-electron chi connectivity index (χ2n) is 10.4. The highest BCUT2D eigenvalue weighted by molar-refractivity contribution is 6.14. The van der Waals surface area contributed by atoms with Gasteiger partial charge < -0.3 is 9.64 Å². The van der Waals surface area contributed by atoms with Gasteiger partial charge in [0, 0.05) is 23.4 Å². The number of carbonyl (C=O) groups excluding carboxylic acids is 3. The predicted octanol–water partition coefficient (Wildman–Crippen LogP) is 3.94. The van der Waals surface area contributed by atoms with Gasteiger partial charge in [0.25, 0.3) is 0 Å². The second-order valence-corrected chi connectivity index (χ2v) is 10.4. The zero-order valence-electron chi connectivity index (χ0n) is 20.4. The molecule has 0 radical (unpaired) electrons. The Morgan fingerprint density at radius 2 is 1.69 bits per heavy atom. The zero-order valence-corrected chi connectivity index (χ0v) is 20.4. The van der Waals surface area contributed by atoms with Gasteiger partial charge in [-0.3, -0.25) is 19.3 Å². The quantitative estimate of drug-likeness (QED) is 0.500. The summed E-state index contributed by atoms with van der Waals surface area (Å²) in [4.78, 5) is 45.1. The highest BCUT2D eigenvalue weighted by Crippen LogP contribution is 2.50. The largest absolute Gasteiger partial charge is 0.376 e. The molecule has 2 aromatic rings. The minimum Gasteiger partial charge on any atom is -0.376 e. The lowest BCUT2D eigenvalue weighted by Gasteiger charge is -2.38. The normalized spacial score (nSPS) is 29.2. The van der Waals surface area contributed by atoms with Crippen LogP contribution in [-0.2, 0) is 14.3 Å². The minimum absolute atomic E-state index is 0.109. The van der Waals surface area contributed by atoms with E-state index in [4.69, 9.17) is 4.74 Å². The predicted molar refractivity (Wildman–Crippen MR) is 133 cm³/mol. The topological polar surface area (TPSA) is 66.9 Å². The van der Waals surface area contributed by atoms with Gasteiger partial charge >= 0.3 is 0 Å². The fourth-order valence-electron chi connectivity index (χ4n) is 6.38. The lowest BCUT2D eigenvalue weighted by molar-refractivity contribution is -0.142. The number of nitrogens with zero attached hydrogens (tertiary/aromatic N) is 2. The number of carbonyl (C=O) groups is 3. The van der Waals surface area contributed by atoms with E-state index in [1.165, 1.54) is 4.90 Å². The van der Waals surface area contributed by atoms with E-state index in [9.17, 15) is 14.4 Å². The molecule has 180 valence electrons. The Bertz CT molecular complexity index is 1260. The van der Waals surface area contributed by atoms with Crippen LogP contribution in [0.2, 0.25) is 0 Å². The number of fused-ring (bicyclic) bond motifs is 5. The molecule has 0 unspecified atom stereocenters. The van der Waals surface area contributed by atoms with Crippen LogP contribution in [0.3, 0.4) is 0 Å². The molecule has 2 amide bonds. The van der Waals surface area contributed by atoms with Crippen molar-refractivity contribution in [2.24, 2.45) is 11.8 Å². The second kappa shape index (κ2) is 8.16. The monoisotopic (exact) mass is 470 g/mol. The third kappa shape index (κ3) is 3.38. The summed E-state index contributed by atoms with van der Waals surface area (Å²) in [5.74, 6) is -1.81. The molecule has 0 aliphatic carbocycles. The van der Waals surface area contributed by atoms with Crippen molar-refractivity contribution in [1.82, 2.24) is 4.90 Å². The SMILES string of the molecule is CC1=C[C@@H]2[C@@H]3C(=O)N(C[C@@H]4CCCO4)C(=O)[C@@H]3[C@@H](C(=O)c3ccc(C)cc3)N2c2ccc(C)cc21. The summed E-state index contributed by atoms with van der Waals surface area (Å²) in [6.07, 6.45) is 3.76. The molecule has 5 atom stereocenters. The molecule has 6 nitrogen and oxygen atoms in total. The van der Waals surface area contributed by atoms with Gasteiger partial charge in [0.1, 0.15) is 6.04 Å². The minimum atomic E-state index is -0.732. The molecule has 6 rings (SSSR count). The number of rotatable bonds is 4. The first-order valence-corrected chi connectivity index (χ1v) is 12.5. The molecule has 0 saturated carbocycles. The molecule has 4 aliphatic heterocycles. The molecule has 3 fully saturated rings. The maximum Gasteiger partial charge on any atom is 0.235 e. The molecule has 0 aromatic heterocycles. The fraction of sp³-hybridized carbons (Fsp3) is 0.414. The first kappa shape index (κ1) is 22.2. The van der Waals surface area contributed by atoms with Crippen LogP contribution in [0.15, 0.2) is 48.5 Å². The van der Waals surface area contributed by atoms with Gasteiger partial charge in [-0.1, -0.05) is 47.5 Å². The van der Waals surface area contributed by atoms with E-state index < -0.39 is 17.9 Å². The van der Waals surface area contributed by atoms with E-state index in [2.05, 4.69) is 17.0 Å². The van der Waals surface area contributed by atoms with E-state index in [-0.39, 0.29) is 36.3 Å². The number of hydrogen-bond acceptors (Lipinski definition) is 5. The first-order chi connectivity index (χ1) is 16.8. The van der Waals surface area contributed by atoms with Gasteiger partial charge in [0.15, 0.2) is 5.78 Å². The van der Waals surface area contributed by atoms with Crippen LogP contribution < -0.4 is 4.90 Å². The Hall–Kier alpha value is -3.25. The third-order valence-electron chi connectivity index (χ3n) is 8.11. The van der Waals surface area contributed by atoms with Crippen LogP contribution in [0.1, 0.15) is 46.8 Å². The number of imide groups is 1. The molecule has 0 bridgehead atoms. The van der Waals surface area contributed by atoms with Crippen molar-refractivity contribution in [1.29, 1.82) is 0 Å². The van der Waals surface area contributed by atoms with Crippen molar-refractivity contribution in [2.75, 3.05) is 18.1 Å². The Morgan fingerprint density at radius 3 is 2.40 bits per heavy atom. The summed E-state index contributed by atoms with van der Waals surface area (Å²) >= 11 is 0. The van der Waals surface area contributed by atoms with Crippen LogP contribution in [0.25, 0.3) is 5.57 Å². The maximum absolute atomic E-state index is 14.0. The number of hydrogen-bond donors (Lipinski definition) is 0. The number of anilines is 1. The molecule has 2 aromatic carbocycles. The number of ether oxygens (including phenoxy) is 1. The van der Waals surface area contributed by atoms with Crippen LogP contribution in [0.4, 0.5) is 5.69 Å². The Labute approximate surface area is 205 Å². The molecule has 4 heterocycles. The molecule has 4 aliphatic rings. The fourth-order valence-corrected chi connectivity index (χ4v) is 6.38. The van der Waals surface area contributed by atoms with Crippen molar-refractivity contribution >= 4 is 28.9 Å². The average molecular weight is 471 g/mol. The van der Waals surface area contributed by atoms with Crippen LogP contribution in [0, 0.1) is 25.7 Å².